The molecule has 0 saturated carbocycles. The quantitative estimate of drug-likeness (QED) is 0.460. The van der Waals surface area contributed by atoms with E-state index in [9.17, 15) is 8.42 Å². The largest absolute Gasteiger partial charge is 0.493 e. The molecule has 0 radical (unpaired) electrons. The first-order valence-corrected chi connectivity index (χ1v) is 13.0. The number of hydrogen-bond acceptors (Lipinski definition) is 10. The van der Waals surface area contributed by atoms with Gasteiger partial charge >= 0.3 is 0 Å². The molecule has 0 spiro atoms. The van der Waals surface area contributed by atoms with Crippen molar-refractivity contribution in [3.05, 3.63) is 35.2 Å². The van der Waals surface area contributed by atoms with Crippen LogP contribution in [0.2, 0.25) is 0 Å². The van der Waals surface area contributed by atoms with Crippen molar-refractivity contribution < 1.29 is 22.3 Å². The highest BCUT2D eigenvalue weighted by molar-refractivity contribution is 7.98. The normalized spacial score (nSPS) is 17.9. The predicted octanol–water partition coefficient (Wildman–Crippen LogP) is 3.48. The average molecular weight is 468 g/mol. The maximum absolute atomic E-state index is 11.6. The number of benzene rings is 1. The standard InChI is InChI=1S/C19H21N3O5S3/c1-25-15-4-3-13(8-16(15)26-2)18-20-14(9-28-18)10-29-19-22-21-17(27-19)7-12-5-6-30(23,24)11-12/h3-4,8-9,12H,5-7,10-11H2,1-2H3/t12-/m0/s1. The van der Waals surface area contributed by atoms with Crippen molar-refractivity contribution in [2.24, 2.45) is 5.92 Å². The van der Waals surface area contributed by atoms with E-state index in [0.717, 1.165) is 16.3 Å². The molecule has 160 valence electrons. The average Bonchev–Trinajstić information content (AvgIpc) is 3.46. The van der Waals surface area contributed by atoms with Crippen molar-refractivity contribution in [3.8, 4) is 22.1 Å². The molecule has 3 aromatic rings. The Labute approximate surface area is 182 Å². The van der Waals surface area contributed by atoms with E-state index in [-0.39, 0.29) is 17.4 Å². The summed E-state index contributed by atoms with van der Waals surface area (Å²) >= 11 is 2.97. The Balaban J connectivity index is 1.35. The van der Waals surface area contributed by atoms with Gasteiger partial charge in [0, 0.05) is 23.1 Å². The molecule has 1 saturated heterocycles. The lowest BCUT2D eigenvalue weighted by Crippen LogP contribution is -2.07. The minimum absolute atomic E-state index is 0.0656. The summed E-state index contributed by atoms with van der Waals surface area (Å²) in [5, 5.41) is 11.5. The van der Waals surface area contributed by atoms with E-state index >= 15 is 0 Å². The van der Waals surface area contributed by atoms with Gasteiger partial charge in [0.1, 0.15) is 5.01 Å². The fourth-order valence-corrected chi connectivity index (χ4v) is 6.73. The van der Waals surface area contributed by atoms with Crippen molar-refractivity contribution in [1.29, 1.82) is 0 Å². The Morgan fingerprint density at radius 3 is 2.80 bits per heavy atom. The number of methoxy groups -OCH3 is 2. The second-order valence-corrected chi connectivity index (χ2v) is 11.0. The van der Waals surface area contributed by atoms with Crippen molar-refractivity contribution in [1.82, 2.24) is 15.2 Å². The van der Waals surface area contributed by atoms with Crippen LogP contribution in [0.3, 0.4) is 0 Å². The third kappa shape index (κ3) is 4.96. The van der Waals surface area contributed by atoms with Crippen molar-refractivity contribution in [2.45, 2.75) is 23.8 Å². The smallest absolute Gasteiger partial charge is 0.276 e. The molecular formula is C19H21N3O5S3. The molecule has 1 atom stereocenters. The minimum Gasteiger partial charge on any atom is -0.493 e. The van der Waals surface area contributed by atoms with E-state index in [4.69, 9.17) is 13.9 Å². The molecule has 0 unspecified atom stereocenters. The van der Waals surface area contributed by atoms with Crippen molar-refractivity contribution >= 4 is 32.9 Å². The molecule has 1 aliphatic rings. The van der Waals surface area contributed by atoms with Gasteiger partial charge in [-0.25, -0.2) is 13.4 Å². The summed E-state index contributed by atoms with van der Waals surface area (Å²) in [6, 6.07) is 5.71. The van der Waals surface area contributed by atoms with Crippen molar-refractivity contribution in [3.63, 3.8) is 0 Å². The third-order valence-electron chi connectivity index (χ3n) is 4.76. The molecule has 0 aliphatic carbocycles. The number of nitrogens with zero attached hydrogens (tertiary/aromatic N) is 3. The molecule has 0 bridgehead atoms. The van der Waals surface area contributed by atoms with Crippen molar-refractivity contribution in [2.75, 3.05) is 25.7 Å². The van der Waals surface area contributed by atoms with Crippen LogP contribution in [0.5, 0.6) is 11.5 Å². The molecule has 3 heterocycles. The SMILES string of the molecule is COc1ccc(-c2nc(CSc3nnc(C[C@@H]4CCS(=O)(=O)C4)o3)cs2)cc1OC. The van der Waals surface area contributed by atoms with Crippen LogP contribution in [0.15, 0.2) is 33.2 Å². The van der Waals surface area contributed by atoms with Gasteiger partial charge in [0.25, 0.3) is 5.22 Å². The molecule has 11 heteroatoms. The van der Waals surface area contributed by atoms with Crippen LogP contribution in [0, 0.1) is 5.92 Å². The Hall–Kier alpha value is -2.11. The first kappa shape index (κ1) is 21.1. The zero-order chi connectivity index (χ0) is 21.1. The summed E-state index contributed by atoms with van der Waals surface area (Å²) < 4.78 is 39.5. The third-order valence-corrected chi connectivity index (χ3v) is 8.39. The summed E-state index contributed by atoms with van der Waals surface area (Å²) in [5.41, 5.74) is 1.87. The molecule has 1 fully saturated rings. The molecule has 2 aromatic heterocycles. The minimum atomic E-state index is -2.90. The van der Waals surface area contributed by atoms with E-state index in [1.807, 2.05) is 23.6 Å². The lowest BCUT2D eigenvalue weighted by Gasteiger charge is -2.08. The molecular weight excluding hydrogens is 446 g/mol. The predicted molar refractivity (Wildman–Crippen MR) is 115 cm³/mol. The second-order valence-electron chi connectivity index (χ2n) is 6.94. The number of thioether (sulfide) groups is 1. The van der Waals surface area contributed by atoms with E-state index in [1.54, 1.807) is 25.6 Å². The number of thiazole rings is 1. The number of sulfone groups is 1. The zero-order valence-electron chi connectivity index (χ0n) is 16.5. The van der Waals surface area contributed by atoms with Crippen LogP contribution >= 0.6 is 23.1 Å². The van der Waals surface area contributed by atoms with Crippen LogP contribution in [0.25, 0.3) is 10.6 Å². The monoisotopic (exact) mass is 467 g/mol. The highest BCUT2D eigenvalue weighted by atomic mass is 32.2. The van der Waals surface area contributed by atoms with Gasteiger partial charge in [-0.3, -0.25) is 0 Å². The number of aromatic nitrogens is 3. The van der Waals surface area contributed by atoms with Gasteiger partial charge in [-0.2, -0.15) is 0 Å². The van der Waals surface area contributed by atoms with Gasteiger partial charge in [0.2, 0.25) is 5.89 Å². The molecule has 0 amide bonds. The Morgan fingerprint density at radius 1 is 1.23 bits per heavy atom. The van der Waals surface area contributed by atoms with Gasteiger partial charge in [0.15, 0.2) is 21.3 Å². The summed E-state index contributed by atoms with van der Waals surface area (Å²) in [4.78, 5) is 4.68. The number of rotatable bonds is 8. The maximum Gasteiger partial charge on any atom is 0.276 e. The highest BCUT2D eigenvalue weighted by Gasteiger charge is 2.29. The van der Waals surface area contributed by atoms with Crippen LogP contribution < -0.4 is 9.47 Å². The molecule has 4 rings (SSSR count). The first-order chi connectivity index (χ1) is 14.5. The molecule has 8 nitrogen and oxygen atoms in total. The summed E-state index contributed by atoms with van der Waals surface area (Å²) in [5.74, 6) is 2.95. The zero-order valence-corrected chi connectivity index (χ0v) is 19.0. The van der Waals surface area contributed by atoms with E-state index in [2.05, 4.69) is 15.2 Å². The second kappa shape index (κ2) is 8.94. The van der Waals surface area contributed by atoms with Gasteiger partial charge < -0.3 is 13.9 Å². The maximum atomic E-state index is 11.6. The lowest BCUT2D eigenvalue weighted by atomic mass is 10.1. The van der Waals surface area contributed by atoms with Gasteiger partial charge in [-0.15, -0.1) is 21.5 Å². The van der Waals surface area contributed by atoms with Crippen LogP contribution in [-0.4, -0.2) is 49.3 Å². The summed E-state index contributed by atoms with van der Waals surface area (Å²) in [6.45, 7) is 0. The summed E-state index contributed by atoms with van der Waals surface area (Å²) in [7, 11) is 0.312. The van der Waals surface area contributed by atoms with E-state index in [0.29, 0.717) is 41.2 Å². The van der Waals surface area contributed by atoms with E-state index < -0.39 is 9.84 Å². The number of ether oxygens (including phenoxy) is 2. The van der Waals surface area contributed by atoms with Gasteiger partial charge in [0.05, 0.1) is 31.4 Å². The molecule has 1 aliphatic heterocycles. The number of hydrogen-bond donors (Lipinski definition) is 0. The fraction of sp³-hybridized carbons (Fsp3) is 0.421. The van der Waals surface area contributed by atoms with Gasteiger partial charge in [-0.05, 0) is 30.5 Å². The Kier molecular flexibility index (Phi) is 6.30. The Bertz CT molecular complexity index is 1130. The van der Waals surface area contributed by atoms with Crippen LogP contribution in [0.4, 0.5) is 0 Å². The summed E-state index contributed by atoms with van der Waals surface area (Å²) in [6.07, 6.45) is 1.16. The Morgan fingerprint density at radius 2 is 2.07 bits per heavy atom. The first-order valence-electron chi connectivity index (χ1n) is 9.28. The topological polar surface area (TPSA) is 104 Å². The van der Waals surface area contributed by atoms with Crippen LogP contribution in [-0.2, 0) is 22.0 Å². The molecule has 30 heavy (non-hydrogen) atoms. The lowest BCUT2D eigenvalue weighted by molar-refractivity contribution is 0.355. The van der Waals surface area contributed by atoms with Gasteiger partial charge in [-0.1, -0.05) is 11.8 Å². The van der Waals surface area contributed by atoms with E-state index in [1.165, 1.54) is 11.8 Å². The highest BCUT2D eigenvalue weighted by Crippen LogP contribution is 2.34. The molecule has 1 aromatic carbocycles. The molecule has 0 N–H and O–H groups in total. The van der Waals surface area contributed by atoms with Crippen LogP contribution in [0.1, 0.15) is 18.0 Å². The fourth-order valence-electron chi connectivity index (χ4n) is 3.27.